The summed E-state index contributed by atoms with van der Waals surface area (Å²) in [5, 5.41) is 0. The molecule has 2 aliphatic heterocycles. The first-order valence-electron chi connectivity index (χ1n) is 19.8. The molecular formula is C45H48Br8O6. The van der Waals surface area contributed by atoms with Crippen LogP contribution in [0.4, 0.5) is 0 Å². The van der Waals surface area contributed by atoms with Crippen molar-refractivity contribution in [3.8, 4) is 23.0 Å². The molecule has 0 spiro atoms. The van der Waals surface area contributed by atoms with E-state index in [2.05, 4.69) is 204 Å². The molecular weight excluding hydrogens is 1280 g/mol. The molecule has 2 saturated heterocycles. The first-order valence-corrected chi connectivity index (χ1v) is 26.1. The SMILES string of the molecule is CC(C)(c1cc(Br)c(OCCCCCOc2c(Br)cc(C(C)(C)c3cc(Br)c(OCCCC4CO4)c(Br)c3)cc2Br)c(Br)c1)c1cc(Br)c(OCCCC2CO2)c(Br)c1. The first kappa shape index (κ1) is 48.3. The van der Waals surface area contributed by atoms with Crippen LogP contribution in [-0.2, 0) is 20.3 Å². The lowest BCUT2D eigenvalue weighted by Crippen LogP contribution is -2.19. The van der Waals surface area contributed by atoms with E-state index in [9.17, 15) is 0 Å². The second-order valence-corrected chi connectivity index (χ2v) is 22.8. The molecule has 0 amide bonds. The molecule has 4 aromatic carbocycles. The van der Waals surface area contributed by atoms with Gasteiger partial charge in [0.15, 0.2) is 0 Å². The molecule has 0 saturated carbocycles. The van der Waals surface area contributed by atoms with Crippen LogP contribution in [0, 0.1) is 0 Å². The zero-order chi connectivity index (χ0) is 42.5. The van der Waals surface area contributed by atoms with Gasteiger partial charge in [-0.3, -0.25) is 0 Å². The monoisotopic (exact) mass is 1320 g/mol. The standard InChI is InChI=1S/C45H48Br8O6/c1-44(2,28-20-36(50)42(37(51)21-28)56-14-8-10-30-24-58-30)26-16-32(46)40(33(47)17-26)54-12-6-5-7-13-55-41-34(48)18-27(19-35(41)49)45(3,4)29-22-38(52)43(39(53)23-29)57-15-9-11-31-25-59-31/h16-23,30-31H,5-15,24-25H2,1-4H3. The highest BCUT2D eigenvalue weighted by molar-refractivity contribution is 9.12. The highest BCUT2D eigenvalue weighted by Gasteiger charge is 2.30. The van der Waals surface area contributed by atoms with Gasteiger partial charge < -0.3 is 28.4 Å². The van der Waals surface area contributed by atoms with Crippen molar-refractivity contribution < 1.29 is 28.4 Å². The van der Waals surface area contributed by atoms with Crippen molar-refractivity contribution >= 4 is 127 Å². The van der Waals surface area contributed by atoms with E-state index in [4.69, 9.17) is 28.4 Å². The molecule has 14 heteroatoms. The number of benzene rings is 4. The number of unbranched alkanes of at least 4 members (excludes halogenated alkanes) is 2. The summed E-state index contributed by atoms with van der Waals surface area (Å²) in [6.07, 6.45) is 7.62. The van der Waals surface area contributed by atoms with Crippen molar-refractivity contribution in [1.29, 1.82) is 0 Å². The summed E-state index contributed by atoms with van der Waals surface area (Å²) >= 11 is 30.2. The van der Waals surface area contributed by atoms with Gasteiger partial charge in [-0.05, 0) is 243 Å². The molecule has 2 fully saturated rings. The van der Waals surface area contributed by atoms with E-state index in [1.54, 1.807) is 0 Å². The normalized spacial score (nSPS) is 16.3. The zero-order valence-electron chi connectivity index (χ0n) is 33.4. The molecule has 6 nitrogen and oxygen atoms in total. The summed E-state index contributed by atoms with van der Waals surface area (Å²) in [6.45, 7) is 13.2. The van der Waals surface area contributed by atoms with E-state index in [1.165, 1.54) is 0 Å². The van der Waals surface area contributed by atoms with Gasteiger partial charge in [-0.1, -0.05) is 27.7 Å². The van der Waals surface area contributed by atoms with Crippen LogP contribution >= 0.6 is 127 Å². The van der Waals surface area contributed by atoms with E-state index in [0.717, 1.165) is 139 Å². The fraction of sp³-hybridized carbons (Fsp3) is 0.467. The van der Waals surface area contributed by atoms with Crippen LogP contribution in [0.1, 0.15) is 94.9 Å². The van der Waals surface area contributed by atoms with E-state index < -0.39 is 0 Å². The maximum absolute atomic E-state index is 6.29. The van der Waals surface area contributed by atoms with Crippen molar-refractivity contribution in [3.63, 3.8) is 0 Å². The van der Waals surface area contributed by atoms with Crippen LogP contribution in [0.15, 0.2) is 84.3 Å². The molecule has 59 heavy (non-hydrogen) atoms. The topological polar surface area (TPSA) is 62.0 Å². The van der Waals surface area contributed by atoms with Crippen LogP contribution in [0.2, 0.25) is 0 Å². The average molecular weight is 1320 g/mol. The number of epoxide rings is 2. The fourth-order valence-electron chi connectivity index (χ4n) is 6.74. The van der Waals surface area contributed by atoms with Crippen molar-refractivity contribution in [3.05, 3.63) is 107 Å². The summed E-state index contributed by atoms with van der Waals surface area (Å²) in [5.41, 5.74) is 4.03. The summed E-state index contributed by atoms with van der Waals surface area (Å²) in [7, 11) is 0. The summed E-state index contributed by atoms with van der Waals surface area (Å²) < 4.78 is 42.8. The molecule has 2 heterocycles. The van der Waals surface area contributed by atoms with E-state index in [-0.39, 0.29) is 10.8 Å². The molecule has 0 aliphatic carbocycles. The van der Waals surface area contributed by atoms with Crippen LogP contribution in [0.3, 0.4) is 0 Å². The Morgan fingerprint density at radius 1 is 0.407 bits per heavy atom. The predicted octanol–water partition coefficient (Wildman–Crippen LogP) is 16.2. The lowest BCUT2D eigenvalue weighted by atomic mass is 9.78. The summed E-state index contributed by atoms with van der Waals surface area (Å²) in [6, 6.07) is 17.2. The van der Waals surface area contributed by atoms with Gasteiger partial charge in [-0.25, -0.2) is 0 Å². The van der Waals surface area contributed by atoms with Gasteiger partial charge in [0.25, 0.3) is 0 Å². The average Bonchev–Trinajstić information content (AvgIpc) is 4.11. The van der Waals surface area contributed by atoms with Crippen LogP contribution in [0.5, 0.6) is 23.0 Å². The summed E-state index contributed by atoms with van der Waals surface area (Å²) in [5.74, 6) is 3.26. The lowest BCUT2D eigenvalue weighted by molar-refractivity contribution is 0.276. The molecule has 4 aromatic rings. The highest BCUT2D eigenvalue weighted by atomic mass is 79.9. The Kier molecular flexibility index (Phi) is 17.7. The number of ether oxygens (including phenoxy) is 6. The Balaban J connectivity index is 0.969. The second kappa shape index (κ2) is 21.7. The maximum atomic E-state index is 6.29. The number of halogens is 8. The Hall–Kier alpha value is -0.160. The maximum Gasteiger partial charge on any atom is 0.147 e. The lowest BCUT2D eigenvalue weighted by Gasteiger charge is -2.28. The van der Waals surface area contributed by atoms with Crippen LogP contribution < -0.4 is 18.9 Å². The van der Waals surface area contributed by atoms with Crippen molar-refractivity contribution in [1.82, 2.24) is 0 Å². The minimum absolute atomic E-state index is 0.293. The van der Waals surface area contributed by atoms with Crippen molar-refractivity contribution in [2.24, 2.45) is 0 Å². The minimum Gasteiger partial charge on any atom is -0.491 e. The molecule has 0 N–H and O–H groups in total. The van der Waals surface area contributed by atoms with Crippen molar-refractivity contribution in [2.75, 3.05) is 39.6 Å². The minimum atomic E-state index is -0.293. The molecule has 320 valence electrons. The van der Waals surface area contributed by atoms with Gasteiger partial charge in [-0.15, -0.1) is 0 Å². The fourth-order valence-corrected chi connectivity index (χ4v) is 12.4. The van der Waals surface area contributed by atoms with Crippen molar-refractivity contribution in [2.45, 2.75) is 95.7 Å². The third kappa shape index (κ3) is 13.0. The van der Waals surface area contributed by atoms with E-state index in [1.807, 2.05) is 0 Å². The zero-order valence-corrected chi connectivity index (χ0v) is 46.1. The van der Waals surface area contributed by atoms with Crippen LogP contribution in [-0.4, -0.2) is 51.8 Å². The molecule has 0 aromatic heterocycles. The van der Waals surface area contributed by atoms with Gasteiger partial charge in [0.1, 0.15) is 23.0 Å². The smallest absolute Gasteiger partial charge is 0.147 e. The van der Waals surface area contributed by atoms with Crippen LogP contribution in [0.25, 0.3) is 0 Å². The van der Waals surface area contributed by atoms with Gasteiger partial charge in [0.2, 0.25) is 0 Å². The predicted molar refractivity (Wildman–Crippen MR) is 265 cm³/mol. The Morgan fingerprint density at radius 2 is 0.627 bits per heavy atom. The first-order chi connectivity index (χ1) is 28.1. The van der Waals surface area contributed by atoms with E-state index in [0.29, 0.717) is 38.6 Å². The molecule has 2 atom stereocenters. The summed E-state index contributed by atoms with van der Waals surface area (Å²) in [4.78, 5) is 0. The Morgan fingerprint density at radius 3 is 0.847 bits per heavy atom. The van der Waals surface area contributed by atoms with Gasteiger partial charge in [0, 0.05) is 10.8 Å². The van der Waals surface area contributed by atoms with E-state index >= 15 is 0 Å². The highest BCUT2D eigenvalue weighted by Crippen LogP contribution is 2.46. The third-order valence-corrected chi connectivity index (χ3v) is 15.5. The number of hydrogen-bond acceptors (Lipinski definition) is 6. The van der Waals surface area contributed by atoms with Gasteiger partial charge in [-0.2, -0.15) is 0 Å². The quantitative estimate of drug-likeness (QED) is 0.0577. The number of rotatable bonds is 22. The Labute approximate surface area is 416 Å². The number of hydrogen-bond donors (Lipinski definition) is 0. The molecule has 0 radical (unpaired) electrons. The van der Waals surface area contributed by atoms with Gasteiger partial charge in [0.05, 0.1) is 87.6 Å². The molecule has 0 bridgehead atoms. The second-order valence-electron chi connectivity index (χ2n) is 16.0. The molecule has 2 aliphatic rings. The van der Waals surface area contributed by atoms with Gasteiger partial charge >= 0.3 is 0 Å². The molecule has 2 unspecified atom stereocenters. The molecule has 6 rings (SSSR count). The Bertz CT molecular complexity index is 1860. The third-order valence-electron chi connectivity index (χ3n) is 10.8. The largest absolute Gasteiger partial charge is 0.491 e.